The Balaban J connectivity index is 2.52. The van der Waals surface area contributed by atoms with E-state index < -0.39 is 0 Å². The first-order chi connectivity index (χ1) is 8.61. The second-order valence-electron chi connectivity index (χ2n) is 4.94. The van der Waals surface area contributed by atoms with Gasteiger partial charge in [0.25, 0.3) is 0 Å². The van der Waals surface area contributed by atoms with Crippen molar-refractivity contribution in [1.29, 1.82) is 0 Å². The van der Waals surface area contributed by atoms with Crippen LogP contribution in [-0.4, -0.2) is 18.6 Å². The Hall–Kier alpha value is -1.77. The van der Waals surface area contributed by atoms with Gasteiger partial charge in [-0.2, -0.15) is 0 Å². The molecule has 18 heavy (non-hydrogen) atoms. The molecule has 1 aromatic heterocycles. The van der Waals surface area contributed by atoms with Crippen molar-refractivity contribution in [2.75, 3.05) is 19.0 Å². The Labute approximate surface area is 108 Å². The van der Waals surface area contributed by atoms with Crippen molar-refractivity contribution in [3.8, 4) is 5.75 Å². The van der Waals surface area contributed by atoms with Crippen LogP contribution in [0.4, 0.5) is 5.69 Å². The highest BCUT2D eigenvalue weighted by Crippen LogP contribution is 2.29. The molecule has 0 aliphatic carbocycles. The molecular formula is C15H20N2O. The number of para-hydroxylation sites is 1. The van der Waals surface area contributed by atoms with Crippen LogP contribution in [0.3, 0.4) is 0 Å². The van der Waals surface area contributed by atoms with Crippen LogP contribution in [0.5, 0.6) is 5.75 Å². The summed E-state index contributed by atoms with van der Waals surface area (Å²) in [6.45, 7) is 7.36. The minimum atomic E-state index is 0.610. The van der Waals surface area contributed by atoms with Crippen molar-refractivity contribution in [2.45, 2.75) is 20.8 Å². The Morgan fingerprint density at radius 2 is 2.11 bits per heavy atom. The van der Waals surface area contributed by atoms with E-state index in [1.165, 1.54) is 0 Å². The molecule has 3 nitrogen and oxygen atoms in total. The third kappa shape index (κ3) is 2.55. The zero-order valence-corrected chi connectivity index (χ0v) is 11.4. The molecule has 96 valence electrons. The Kier molecular flexibility index (Phi) is 3.70. The maximum absolute atomic E-state index is 5.37. The number of hydrogen-bond donors (Lipinski definition) is 1. The molecule has 1 aromatic carbocycles. The van der Waals surface area contributed by atoms with Gasteiger partial charge >= 0.3 is 0 Å². The summed E-state index contributed by atoms with van der Waals surface area (Å²) in [6, 6.07) is 8.11. The van der Waals surface area contributed by atoms with Crippen LogP contribution in [0.15, 0.2) is 24.3 Å². The van der Waals surface area contributed by atoms with E-state index in [4.69, 9.17) is 4.74 Å². The van der Waals surface area contributed by atoms with Gasteiger partial charge in [-0.15, -0.1) is 0 Å². The van der Waals surface area contributed by atoms with Crippen molar-refractivity contribution in [2.24, 2.45) is 5.92 Å². The number of aromatic nitrogens is 1. The molecule has 0 atom stereocenters. The van der Waals surface area contributed by atoms with Crippen molar-refractivity contribution < 1.29 is 4.74 Å². The number of fused-ring (bicyclic) bond motifs is 1. The van der Waals surface area contributed by atoms with Gasteiger partial charge in [0.05, 0.1) is 7.11 Å². The highest BCUT2D eigenvalue weighted by Gasteiger charge is 2.08. The van der Waals surface area contributed by atoms with E-state index in [0.717, 1.165) is 34.6 Å². The number of nitrogens with zero attached hydrogens (tertiary/aromatic N) is 1. The second kappa shape index (κ2) is 5.25. The van der Waals surface area contributed by atoms with Gasteiger partial charge in [-0.25, -0.2) is 4.98 Å². The van der Waals surface area contributed by atoms with E-state index in [1.807, 2.05) is 19.1 Å². The van der Waals surface area contributed by atoms with Gasteiger partial charge in [-0.1, -0.05) is 26.0 Å². The van der Waals surface area contributed by atoms with Crippen molar-refractivity contribution in [1.82, 2.24) is 4.98 Å². The highest BCUT2D eigenvalue weighted by molar-refractivity contribution is 5.95. The Bertz CT molecular complexity index is 549. The third-order valence-corrected chi connectivity index (χ3v) is 2.85. The number of aryl methyl sites for hydroxylation is 1. The van der Waals surface area contributed by atoms with Crippen LogP contribution in [0.2, 0.25) is 0 Å². The molecule has 0 saturated carbocycles. The average Bonchev–Trinajstić information content (AvgIpc) is 2.35. The Morgan fingerprint density at radius 3 is 2.78 bits per heavy atom. The number of ether oxygens (including phenoxy) is 1. The predicted octanol–water partition coefficient (Wildman–Crippen LogP) is 3.62. The first kappa shape index (κ1) is 12.7. The van der Waals surface area contributed by atoms with Crippen molar-refractivity contribution >= 4 is 16.6 Å². The number of anilines is 1. The molecule has 0 radical (unpaired) electrons. The number of methoxy groups -OCH3 is 1. The van der Waals surface area contributed by atoms with Crippen molar-refractivity contribution in [3.63, 3.8) is 0 Å². The molecule has 0 amide bonds. The molecule has 0 aliphatic rings. The maximum Gasteiger partial charge on any atom is 0.145 e. The largest absolute Gasteiger partial charge is 0.494 e. The van der Waals surface area contributed by atoms with Crippen LogP contribution in [0, 0.1) is 12.8 Å². The topological polar surface area (TPSA) is 34.1 Å². The lowest BCUT2D eigenvalue weighted by Gasteiger charge is -2.13. The monoisotopic (exact) mass is 244 g/mol. The maximum atomic E-state index is 5.37. The SMILES string of the molecule is COc1cccc2c(NCC(C)C)cc(C)nc12. The van der Waals surface area contributed by atoms with Crippen LogP contribution in [0.1, 0.15) is 19.5 Å². The van der Waals surface area contributed by atoms with Gasteiger partial charge in [-0.05, 0) is 25.0 Å². The minimum Gasteiger partial charge on any atom is -0.494 e. The summed E-state index contributed by atoms with van der Waals surface area (Å²) < 4.78 is 5.37. The normalized spacial score (nSPS) is 10.9. The summed E-state index contributed by atoms with van der Waals surface area (Å²) >= 11 is 0. The summed E-state index contributed by atoms with van der Waals surface area (Å²) in [5.74, 6) is 1.43. The smallest absolute Gasteiger partial charge is 0.145 e. The zero-order valence-electron chi connectivity index (χ0n) is 11.4. The quantitative estimate of drug-likeness (QED) is 0.892. The van der Waals surface area contributed by atoms with Gasteiger partial charge in [0, 0.05) is 23.3 Å². The summed E-state index contributed by atoms with van der Waals surface area (Å²) in [4.78, 5) is 4.57. The average molecular weight is 244 g/mol. The zero-order chi connectivity index (χ0) is 13.1. The first-order valence-corrected chi connectivity index (χ1v) is 6.30. The Morgan fingerprint density at radius 1 is 1.33 bits per heavy atom. The molecule has 0 unspecified atom stereocenters. The van der Waals surface area contributed by atoms with Crippen molar-refractivity contribution in [3.05, 3.63) is 30.0 Å². The lowest BCUT2D eigenvalue weighted by Crippen LogP contribution is -2.08. The molecule has 0 saturated heterocycles. The highest BCUT2D eigenvalue weighted by atomic mass is 16.5. The van der Waals surface area contributed by atoms with Gasteiger partial charge in [0.15, 0.2) is 0 Å². The molecule has 2 rings (SSSR count). The molecular weight excluding hydrogens is 224 g/mol. The predicted molar refractivity (Wildman–Crippen MR) is 76.4 cm³/mol. The van der Waals surface area contributed by atoms with E-state index in [1.54, 1.807) is 7.11 Å². The molecule has 0 bridgehead atoms. The van der Waals surface area contributed by atoms with E-state index in [-0.39, 0.29) is 0 Å². The lowest BCUT2D eigenvalue weighted by atomic mass is 10.1. The summed E-state index contributed by atoms with van der Waals surface area (Å²) in [7, 11) is 1.68. The number of nitrogens with one attached hydrogen (secondary N) is 1. The fraction of sp³-hybridized carbons (Fsp3) is 0.400. The van der Waals surface area contributed by atoms with Crippen LogP contribution >= 0.6 is 0 Å². The van der Waals surface area contributed by atoms with Gasteiger partial charge in [-0.3, -0.25) is 0 Å². The summed E-state index contributed by atoms with van der Waals surface area (Å²) in [5.41, 5.74) is 3.05. The fourth-order valence-corrected chi connectivity index (χ4v) is 1.98. The molecule has 2 aromatic rings. The van der Waals surface area contributed by atoms with Crippen LogP contribution in [0.25, 0.3) is 10.9 Å². The van der Waals surface area contributed by atoms with E-state index >= 15 is 0 Å². The molecule has 1 heterocycles. The number of hydrogen-bond acceptors (Lipinski definition) is 3. The van der Waals surface area contributed by atoms with Gasteiger partial charge in [0.2, 0.25) is 0 Å². The lowest BCUT2D eigenvalue weighted by molar-refractivity contribution is 0.419. The van der Waals surface area contributed by atoms with Crippen LogP contribution in [-0.2, 0) is 0 Å². The molecule has 0 aliphatic heterocycles. The number of pyridine rings is 1. The van der Waals surface area contributed by atoms with E-state index in [9.17, 15) is 0 Å². The van der Waals surface area contributed by atoms with Gasteiger partial charge in [0.1, 0.15) is 11.3 Å². The minimum absolute atomic E-state index is 0.610. The first-order valence-electron chi connectivity index (χ1n) is 6.30. The van der Waals surface area contributed by atoms with Crippen LogP contribution < -0.4 is 10.1 Å². The second-order valence-corrected chi connectivity index (χ2v) is 4.94. The molecule has 0 fully saturated rings. The molecule has 0 spiro atoms. The summed E-state index contributed by atoms with van der Waals surface area (Å²) in [5, 5.41) is 4.60. The standard InChI is InChI=1S/C15H20N2O/c1-10(2)9-16-13-8-11(3)17-15-12(13)6-5-7-14(15)18-4/h5-8,10H,9H2,1-4H3,(H,16,17). The number of rotatable bonds is 4. The third-order valence-electron chi connectivity index (χ3n) is 2.85. The summed E-state index contributed by atoms with van der Waals surface area (Å²) in [6.07, 6.45) is 0. The van der Waals surface area contributed by atoms with Gasteiger partial charge < -0.3 is 10.1 Å². The molecule has 3 heteroatoms. The van der Waals surface area contributed by atoms with E-state index in [2.05, 4.69) is 36.3 Å². The fourth-order valence-electron chi connectivity index (χ4n) is 1.98. The van der Waals surface area contributed by atoms with E-state index in [0.29, 0.717) is 5.92 Å². The molecule has 1 N–H and O–H groups in total. The number of benzene rings is 1.